The number of nitrogens with zero attached hydrogens (tertiary/aromatic N) is 2. The van der Waals surface area contributed by atoms with Gasteiger partial charge in [-0.1, -0.05) is 24.3 Å². The Labute approximate surface area is 144 Å². The highest BCUT2D eigenvalue weighted by atomic mass is 16.3. The van der Waals surface area contributed by atoms with Crippen molar-refractivity contribution in [1.82, 2.24) is 4.90 Å². The molecular weight excluding hydrogens is 296 g/mol. The lowest BCUT2D eigenvalue weighted by Gasteiger charge is -2.42. The summed E-state index contributed by atoms with van der Waals surface area (Å²) in [5.74, 6) is 0.402. The number of para-hydroxylation sites is 1. The number of phenols is 1. The number of hydrogen-bond acceptors (Lipinski definition) is 3. The maximum atomic E-state index is 9.65. The summed E-state index contributed by atoms with van der Waals surface area (Å²) in [4.78, 5) is 5.20. The molecule has 0 aromatic heterocycles. The number of aryl methyl sites for hydroxylation is 2. The first-order chi connectivity index (χ1) is 11.7. The maximum absolute atomic E-state index is 9.65. The van der Waals surface area contributed by atoms with Crippen molar-refractivity contribution in [3.8, 4) is 5.75 Å². The molecule has 0 amide bonds. The molecule has 3 nitrogen and oxygen atoms in total. The largest absolute Gasteiger partial charge is 0.508 e. The quantitative estimate of drug-likeness (QED) is 0.918. The van der Waals surface area contributed by atoms with E-state index >= 15 is 0 Å². The van der Waals surface area contributed by atoms with Gasteiger partial charge in [-0.3, -0.25) is 4.90 Å². The van der Waals surface area contributed by atoms with Crippen molar-refractivity contribution < 1.29 is 5.11 Å². The number of fused-ring (bicyclic) bond motifs is 1. The number of anilines is 1. The van der Waals surface area contributed by atoms with Gasteiger partial charge in [0.15, 0.2) is 0 Å². The van der Waals surface area contributed by atoms with Gasteiger partial charge in [0.2, 0.25) is 0 Å². The van der Waals surface area contributed by atoms with E-state index in [1.54, 1.807) is 0 Å². The minimum atomic E-state index is 0.402. The van der Waals surface area contributed by atoms with Crippen LogP contribution < -0.4 is 4.90 Å². The predicted molar refractivity (Wildman–Crippen MR) is 98.9 cm³/mol. The second-order valence-electron chi connectivity index (χ2n) is 7.16. The fraction of sp³-hybridized carbons (Fsp3) is 0.429. The molecular formula is C21H26N2O. The van der Waals surface area contributed by atoms with Gasteiger partial charge in [-0.25, -0.2) is 0 Å². The number of phenolic OH excluding ortho intramolecular Hbond substituents is 1. The smallest absolute Gasteiger partial charge is 0.115 e. The molecule has 1 N–H and O–H groups in total. The lowest BCUT2D eigenvalue weighted by molar-refractivity contribution is 0.170. The van der Waals surface area contributed by atoms with Crippen molar-refractivity contribution in [2.75, 3.05) is 31.1 Å². The molecule has 1 aliphatic heterocycles. The number of rotatable bonds is 2. The topological polar surface area (TPSA) is 26.7 Å². The van der Waals surface area contributed by atoms with E-state index in [1.807, 2.05) is 12.1 Å². The fourth-order valence-corrected chi connectivity index (χ4v) is 4.28. The third kappa shape index (κ3) is 3.01. The Morgan fingerprint density at radius 2 is 1.75 bits per heavy atom. The zero-order valence-corrected chi connectivity index (χ0v) is 14.4. The first kappa shape index (κ1) is 15.5. The molecule has 2 aromatic rings. The van der Waals surface area contributed by atoms with E-state index < -0.39 is 0 Å². The average Bonchev–Trinajstić information content (AvgIpc) is 2.62. The Morgan fingerprint density at radius 3 is 2.54 bits per heavy atom. The molecule has 1 fully saturated rings. The van der Waals surface area contributed by atoms with E-state index in [9.17, 15) is 5.11 Å². The zero-order chi connectivity index (χ0) is 16.5. The molecule has 0 radical (unpaired) electrons. The first-order valence-corrected chi connectivity index (χ1v) is 9.06. The third-order valence-corrected chi connectivity index (χ3v) is 5.68. The highest BCUT2D eigenvalue weighted by molar-refractivity contribution is 5.53. The molecule has 2 aliphatic rings. The van der Waals surface area contributed by atoms with E-state index in [4.69, 9.17) is 0 Å². The summed E-state index contributed by atoms with van der Waals surface area (Å²) in [6.07, 6.45) is 3.42. The van der Waals surface area contributed by atoms with Crippen LogP contribution in [0.2, 0.25) is 0 Å². The summed E-state index contributed by atoms with van der Waals surface area (Å²) >= 11 is 0. The Bertz CT molecular complexity index is 720. The molecule has 4 rings (SSSR count). The number of aromatic hydroxyl groups is 1. The molecule has 126 valence electrons. The lowest BCUT2D eigenvalue weighted by atomic mass is 9.87. The van der Waals surface area contributed by atoms with Crippen molar-refractivity contribution in [2.24, 2.45) is 0 Å². The number of benzene rings is 2. The van der Waals surface area contributed by atoms with Crippen molar-refractivity contribution >= 4 is 5.69 Å². The Morgan fingerprint density at radius 1 is 0.958 bits per heavy atom. The van der Waals surface area contributed by atoms with Crippen molar-refractivity contribution in [3.05, 3.63) is 59.2 Å². The minimum absolute atomic E-state index is 0.402. The zero-order valence-electron chi connectivity index (χ0n) is 14.4. The van der Waals surface area contributed by atoms with Crippen LogP contribution in [-0.4, -0.2) is 42.2 Å². The van der Waals surface area contributed by atoms with Crippen LogP contribution in [0, 0.1) is 6.92 Å². The Hall–Kier alpha value is -2.00. The van der Waals surface area contributed by atoms with Gasteiger partial charge in [0, 0.05) is 37.9 Å². The molecule has 0 saturated carbocycles. The fourth-order valence-electron chi connectivity index (χ4n) is 4.28. The van der Waals surface area contributed by atoms with E-state index in [-0.39, 0.29) is 0 Å². The van der Waals surface area contributed by atoms with Crippen LogP contribution in [0.1, 0.15) is 23.1 Å². The second kappa shape index (κ2) is 6.48. The second-order valence-corrected chi connectivity index (χ2v) is 7.16. The highest BCUT2D eigenvalue weighted by Gasteiger charge is 2.27. The number of hydrogen-bond donors (Lipinski definition) is 1. The van der Waals surface area contributed by atoms with Gasteiger partial charge in [-0.15, -0.1) is 0 Å². The molecule has 3 heteroatoms. The van der Waals surface area contributed by atoms with E-state index in [0.717, 1.165) is 39.0 Å². The van der Waals surface area contributed by atoms with E-state index in [2.05, 4.69) is 47.1 Å². The lowest BCUT2D eigenvalue weighted by Crippen LogP contribution is -2.51. The third-order valence-electron chi connectivity index (χ3n) is 5.68. The summed E-state index contributed by atoms with van der Waals surface area (Å²) in [6.45, 7) is 6.72. The summed E-state index contributed by atoms with van der Waals surface area (Å²) in [7, 11) is 0. The maximum Gasteiger partial charge on any atom is 0.115 e. The van der Waals surface area contributed by atoms with Crippen molar-refractivity contribution in [1.29, 1.82) is 0 Å². The van der Waals surface area contributed by atoms with E-state index in [0.29, 0.717) is 11.8 Å². The predicted octanol–water partition coefficient (Wildman–Crippen LogP) is 3.38. The van der Waals surface area contributed by atoms with Crippen LogP contribution in [0.4, 0.5) is 5.69 Å². The molecule has 1 atom stereocenters. The SMILES string of the molecule is Cc1ccccc1N1CCN([C@@H]2CCc3cc(O)ccc3C2)CC1. The molecule has 1 heterocycles. The van der Waals surface area contributed by atoms with Crippen LogP contribution >= 0.6 is 0 Å². The van der Waals surface area contributed by atoms with Crippen LogP contribution in [0.15, 0.2) is 42.5 Å². The molecule has 1 saturated heterocycles. The Kier molecular flexibility index (Phi) is 4.19. The molecule has 0 bridgehead atoms. The summed E-state index contributed by atoms with van der Waals surface area (Å²) in [6, 6.07) is 15.2. The normalized spacial score (nSPS) is 21.5. The summed E-state index contributed by atoms with van der Waals surface area (Å²) < 4.78 is 0. The van der Waals surface area contributed by atoms with Gasteiger partial charge in [-0.05, 0) is 61.1 Å². The highest BCUT2D eigenvalue weighted by Crippen LogP contribution is 2.29. The minimum Gasteiger partial charge on any atom is -0.508 e. The molecule has 0 spiro atoms. The van der Waals surface area contributed by atoms with Crippen molar-refractivity contribution in [3.63, 3.8) is 0 Å². The first-order valence-electron chi connectivity index (χ1n) is 9.06. The van der Waals surface area contributed by atoms with Gasteiger partial charge in [-0.2, -0.15) is 0 Å². The van der Waals surface area contributed by atoms with Gasteiger partial charge in [0.25, 0.3) is 0 Å². The van der Waals surface area contributed by atoms with Gasteiger partial charge < -0.3 is 10.0 Å². The average molecular weight is 322 g/mol. The molecule has 1 aliphatic carbocycles. The van der Waals surface area contributed by atoms with Crippen LogP contribution in [0.3, 0.4) is 0 Å². The van der Waals surface area contributed by atoms with Gasteiger partial charge >= 0.3 is 0 Å². The molecule has 24 heavy (non-hydrogen) atoms. The summed E-state index contributed by atoms with van der Waals surface area (Å²) in [5, 5.41) is 9.65. The number of piperazine rings is 1. The van der Waals surface area contributed by atoms with Crippen molar-refractivity contribution in [2.45, 2.75) is 32.2 Å². The van der Waals surface area contributed by atoms with Crippen LogP contribution in [-0.2, 0) is 12.8 Å². The van der Waals surface area contributed by atoms with Crippen LogP contribution in [0.25, 0.3) is 0 Å². The van der Waals surface area contributed by atoms with E-state index in [1.165, 1.54) is 28.8 Å². The standard InChI is InChI=1S/C21H26N2O/c1-16-4-2-3-5-21(16)23-12-10-22(11-13-23)19-8-6-18-15-20(24)9-7-17(18)14-19/h2-5,7,9,15,19,24H,6,8,10-14H2,1H3/t19-/m1/s1. The van der Waals surface area contributed by atoms with Gasteiger partial charge in [0.05, 0.1) is 0 Å². The monoisotopic (exact) mass is 322 g/mol. The summed E-state index contributed by atoms with van der Waals surface area (Å²) in [5.41, 5.74) is 5.52. The Balaban J connectivity index is 1.40. The van der Waals surface area contributed by atoms with Gasteiger partial charge in [0.1, 0.15) is 5.75 Å². The molecule has 0 unspecified atom stereocenters. The molecule has 2 aromatic carbocycles. The van der Waals surface area contributed by atoms with Crippen LogP contribution in [0.5, 0.6) is 5.75 Å².